The molecule has 1 aromatic heterocycles. The SMILES string of the molecule is CCc1ccc(OCc2c(C(=O)O)nnn2CC(=O)O)cc1. The third-order valence-electron chi connectivity index (χ3n) is 3.03. The topological polar surface area (TPSA) is 115 Å². The molecule has 0 aliphatic heterocycles. The second-order valence-electron chi connectivity index (χ2n) is 4.53. The van der Waals surface area contributed by atoms with Gasteiger partial charge in [-0.2, -0.15) is 0 Å². The number of aliphatic carboxylic acids is 1. The van der Waals surface area contributed by atoms with Gasteiger partial charge in [0, 0.05) is 0 Å². The van der Waals surface area contributed by atoms with Crippen molar-refractivity contribution in [3.63, 3.8) is 0 Å². The van der Waals surface area contributed by atoms with Gasteiger partial charge < -0.3 is 14.9 Å². The maximum absolute atomic E-state index is 11.1. The lowest BCUT2D eigenvalue weighted by molar-refractivity contribution is -0.138. The largest absolute Gasteiger partial charge is 0.487 e. The van der Waals surface area contributed by atoms with Crippen molar-refractivity contribution in [2.75, 3.05) is 0 Å². The quantitative estimate of drug-likeness (QED) is 0.789. The molecule has 2 aromatic rings. The Kier molecular flexibility index (Phi) is 4.72. The summed E-state index contributed by atoms with van der Waals surface area (Å²) < 4.78 is 6.51. The van der Waals surface area contributed by atoms with E-state index in [0.29, 0.717) is 5.75 Å². The first-order valence-corrected chi connectivity index (χ1v) is 6.60. The van der Waals surface area contributed by atoms with Gasteiger partial charge in [-0.05, 0) is 24.1 Å². The van der Waals surface area contributed by atoms with E-state index < -0.39 is 18.5 Å². The van der Waals surface area contributed by atoms with Gasteiger partial charge in [-0.15, -0.1) is 5.10 Å². The van der Waals surface area contributed by atoms with E-state index in [-0.39, 0.29) is 18.0 Å². The minimum Gasteiger partial charge on any atom is -0.487 e. The summed E-state index contributed by atoms with van der Waals surface area (Å²) >= 11 is 0. The monoisotopic (exact) mass is 305 g/mol. The van der Waals surface area contributed by atoms with Crippen molar-refractivity contribution in [3.8, 4) is 5.75 Å². The van der Waals surface area contributed by atoms with Crippen LogP contribution in [0.4, 0.5) is 0 Å². The van der Waals surface area contributed by atoms with Crippen LogP contribution in [0.3, 0.4) is 0 Å². The first-order chi connectivity index (χ1) is 10.5. The van der Waals surface area contributed by atoms with Gasteiger partial charge in [0.2, 0.25) is 0 Å². The van der Waals surface area contributed by atoms with E-state index in [4.69, 9.17) is 14.9 Å². The molecule has 0 saturated heterocycles. The van der Waals surface area contributed by atoms with E-state index in [1.807, 2.05) is 19.1 Å². The third-order valence-corrected chi connectivity index (χ3v) is 3.03. The number of aryl methyl sites for hydroxylation is 1. The Hall–Kier alpha value is -2.90. The number of hydrogen-bond donors (Lipinski definition) is 2. The van der Waals surface area contributed by atoms with E-state index in [1.54, 1.807) is 12.1 Å². The fourth-order valence-corrected chi connectivity index (χ4v) is 1.87. The molecule has 8 nitrogen and oxygen atoms in total. The van der Waals surface area contributed by atoms with Gasteiger partial charge in [0.1, 0.15) is 24.6 Å². The zero-order valence-electron chi connectivity index (χ0n) is 11.9. The standard InChI is InChI=1S/C14H15N3O5/c1-2-9-3-5-10(6-4-9)22-8-11-13(14(20)21)15-16-17(11)7-12(18)19/h3-6H,2,7-8H2,1H3,(H,18,19)(H,20,21). The Morgan fingerprint density at radius 1 is 1.23 bits per heavy atom. The summed E-state index contributed by atoms with van der Waals surface area (Å²) in [4.78, 5) is 21.9. The number of carboxylic acid groups (broad SMARTS) is 2. The highest BCUT2D eigenvalue weighted by molar-refractivity contribution is 5.86. The van der Waals surface area contributed by atoms with Crippen LogP contribution in [-0.4, -0.2) is 37.1 Å². The summed E-state index contributed by atoms with van der Waals surface area (Å²) in [5.74, 6) is -1.87. The van der Waals surface area contributed by atoms with E-state index in [1.165, 1.54) is 0 Å². The molecule has 2 N–H and O–H groups in total. The number of ether oxygens (including phenoxy) is 1. The number of nitrogens with zero attached hydrogens (tertiary/aromatic N) is 3. The summed E-state index contributed by atoms with van der Waals surface area (Å²) in [5.41, 5.74) is 0.942. The highest BCUT2D eigenvalue weighted by Gasteiger charge is 2.20. The van der Waals surface area contributed by atoms with Gasteiger partial charge in [-0.3, -0.25) is 4.79 Å². The van der Waals surface area contributed by atoms with Crippen molar-refractivity contribution in [1.29, 1.82) is 0 Å². The number of benzene rings is 1. The molecule has 0 unspecified atom stereocenters. The smallest absolute Gasteiger partial charge is 0.358 e. The van der Waals surface area contributed by atoms with Gasteiger partial charge in [0.25, 0.3) is 0 Å². The summed E-state index contributed by atoms with van der Waals surface area (Å²) in [5, 5.41) is 24.9. The molecule has 2 rings (SSSR count). The Bertz CT molecular complexity index is 678. The van der Waals surface area contributed by atoms with Crippen molar-refractivity contribution < 1.29 is 24.5 Å². The van der Waals surface area contributed by atoms with E-state index >= 15 is 0 Å². The molecule has 1 aromatic carbocycles. The van der Waals surface area contributed by atoms with Crippen LogP contribution >= 0.6 is 0 Å². The van der Waals surface area contributed by atoms with Gasteiger partial charge in [0.05, 0.1) is 0 Å². The van der Waals surface area contributed by atoms with Gasteiger partial charge in [0.15, 0.2) is 5.69 Å². The number of carbonyl (C=O) groups is 2. The molecular weight excluding hydrogens is 290 g/mol. The average Bonchev–Trinajstić information content (AvgIpc) is 2.88. The molecule has 0 fully saturated rings. The number of rotatable bonds is 7. The molecule has 8 heteroatoms. The Balaban J connectivity index is 2.17. The van der Waals surface area contributed by atoms with Crippen molar-refractivity contribution in [2.24, 2.45) is 0 Å². The Labute approximate surface area is 125 Å². The Morgan fingerprint density at radius 3 is 2.45 bits per heavy atom. The first kappa shape index (κ1) is 15.5. The normalized spacial score (nSPS) is 10.4. The van der Waals surface area contributed by atoms with Crippen LogP contribution in [0.2, 0.25) is 0 Å². The molecule has 0 saturated carbocycles. The van der Waals surface area contributed by atoms with Crippen LogP contribution in [0.5, 0.6) is 5.75 Å². The second kappa shape index (κ2) is 6.70. The lowest BCUT2D eigenvalue weighted by atomic mass is 10.2. The van der Waals surface area contributed by atoms with Crippen molar-refractivity contribution >= 4 is 11.9 Å². The van der Waals surface area contributed by atoms with Gasteiger partial charge in [-0.1, -0.05) is 24.3 Å². The minimum absolute atomic E-state index is 0.106. The summed E-state index contributed by atoms with van der Waals surface area (Å²) in [7, 11) is 0. The fourth-order valence-electron chi connectivity index (χ4n) is 1.87. The zero-order valence-corrected chi connectivity index (χ0v) is 11.9. The highest BCUT2D eigenvalue weighted by atomic mass is 16.5. The van der Waals surface area contributed by atoms with Crippen LogP contribution in [0, 0.1) is 0 Å². The van der Waals surface area contributed by atoms with Crippen LogP contribution in [0.15, 0.2) is 24.3 Å². The molecule has 0 atom stereocenters. The molecule has 0 aliphatic carbocycles. The van der Waals surface area contributed by atoms with E-state index in [0.717, 1.165) is 16.7 Å². The van der Waals surface area contributed by atoms with E-state index in [2.05, 4.69) is 10.3 Å². The minimum atomic E-state index is -1.28. The number of aromatic nitrogens is 3. The van der Waals surface area contributed by atoms with Crippen molar-refractivity contribution in [3.05, 3.63) is 41.2 Å². The molecule has 0 bridgehead atoms. The average molecular weight is 305 g/mol. The number of aromatic carboxylic acids is 1. The van der Waals surface area contributed by atoms with Gasteiger partial charge >= 0.3 is 11.9 Å². The van der Waals surface area contributed by atoms with Crippen molar-refractivity contribution in [1.82, 2.24) is 15.0 Å². The maximum atomic E-state index is 11.1. The van der Waals surface area contributed by atoms with Crippen LogP contribution < -0.4 is 4.74 Å². The summed E-state index contributed by atoms with van der Waals surface area (Å²) in [6, 6.07) is 7.34. The predicted octanol–water partition coefficient (Wildman–Crippen LogP) is 1.20. The highest BCUT2D eigenvalue weighted by Crippen LogP contribution is 2.15. The molecule has 1 heterocycles. The summed E-state index contributed by atoms with van der Waals surface area (Å²) in [6.45, 7) is 1.42. The van der Waals surface area contributed by atoms with Gasteiger partial charge in [-0.25, -0.2) is 9.48 Å². The maximum Gasteiger partial charge on any atom is 0.358 e. The second-order valence-corrected chi connectivity index (χ2v) is 4.53. The molecule has 0 radical (unpaired) electrons. The van der Waals surface area contributed by atoms with Crippen LogP contribution in [-0.2, 0) is 24.4 Å². The zero-order chi connectivity index (χ0) is 16.1. The molecule has 0 amide bonds. The first-order valence-electron chi connectivity index (χ1n) is 6.60. The van der Waals surface area contributed by atoms with E-state index in [9.17, 15) is 9.59 Å². The molecular formula is C14H15N3O5. The third kappa shape index (κ3) is 3.60. The molecule has 0 spiro atoms. The predicted molar refractivity (Wildman–Crippen MR) is 74.8 cm³/mol. The number of carboxylic acids is 2. The Morgan fingerprint density at radius 2 is 1.91 bits per heavy atom. The van der Waals surface area contributed by atoms with Crippen LogP contribution in [0.1, 0.15) is 28.7 Å². The molecule has 116 valence electrons. The summed E-state index contributed by atoms with van der Waals surface area (Å²) in [6.07, 6.45) is 0.902. The fraction of sp³-hybridized carbons (Fsp3) is 0.286. The lowest BCUT2D eigenvalue weighted by Crippen LogP contribution is -2.16. The molecule has 0 aliphatic rings. The van der Waals surface area contributed by atoms with Crippen molar-refractivity contribution in [2.45, 2.75) is 26.5 Å². The molecule has 22 heavy (non-hydrogen) atoms. The van der Waals surface area contributed by atoms with Crippen LogP contribution in [0.25, 0.3) is 0 Å². The lowest BCUT2D eigenvalue weighted by Gasteiger charge is -2.08. The number of hydrogen-bond acceptors (Lipinski definition) is 5.